The smallest absolute Gasteiger partial charge is 0.223 e. The molecule has 2 aromatic heterocycles. The Balaban J connectivity index is 1.04. The first-order chi connectivity index (χ1) is 17.2. The van der Waals surface area contributed by atoms with Crippen LogP contribution in [0.15, 0.2) is 55.0 Å². The van der Waals surface area contributed by atoms with Gasteiger partial charge >= 0.3 is 0 Å². The number of rotatable bonds is 8. The molecule has 2 bridgehead atoms. The van der Waals surface area contributed by atoms with Gasteiger partial charge < -0.3 is 9.47 Å². The number of nitrogens with one attached hydrogen (secondary N) is 1. The third-order valence-corrected chi connectivity index (χ3v) is 7.78. The first-order valence-electron chi connectivity index (χ1n) is 12.5. The highest BCUT2D eigenvalue weighted by molar-refractivity contribution is 5.81. The Labute approximate surface area is 203 Å². The van der Waals surface area contributed by atoms with Gasteiger partial charge in [-0.05, 0) is 74.3 Å². The minimum absolute atomic E-state index is 0.229. The second kappa shape index (κ2) is 9.24. The molecule has 0 spiro atoms. The number of carbonyl (C=O) groups excluding carboxylic acids is 1. The van der Waals surface area contributed by atoms with E-state index in [4.69, 9.17) is 0 Å². The molecule has 2 fully saturated rings. The number of carbonyl (C=O) groups is 1. The lowest BCUT2D eigenvalue weighted by atomic mass is 9.86. The van der Waals surface area contributed by atoms with Crippen molar-refractivity contribution in [1.29, 1.82) is 0 Å². The van der Waals surface area contributed by atoms with Crippen molar-refractivity contribution >= 4 is 16.9 Å². The Bertz CT molecular complexity index is 1330. The van der Waals surface area contributed by atoms with E-state index in [1.54, 1.807) is 12.3 Å². The zero-order valence-corrected chi connectivity index (χ0v) is 19.6. The molecule has 1 amide bonds. The van der Waals surface area contributed by atoms with Crippen LogP contribution in [0.1, 0.15) is 44.1 Å². The monoisotopic (exact) mass is 472 g/mol. The maximum Gasteiger partial charge on any atom is 0.223 e. The van der Waals surface area contributed by atoms with Gasteiger partial charge in [-0.25, -0.2) is 9.37 Å². The maximum atomic E-state index is 13.5. The lowest BCUT2D eigenvalue weighted by Crippen LogP contribution is -2.36. The molecular formula is C27H29FN6O. The summed E-state index contributed by atoms with van der Waals surface area (Å²) in [5, 5.41) is 10.7. The lowest BCUT2D eigenvalue weighted by molar-refractivity contribution is -0.132. The Morgan fingerprint density at radius 2 is 2.11 bits per heavy atom. The quantitative estimate of drug-likeness (QED) is 0.401. The average molecular weight is 473 g/mol. The molecule has 4 heterocycles. The van der Waals surface area contributed by atoms with E-state index in [0.717, 1.165) is 66.5 Å². The van der Waals surface area contributed by atoms with Crippen LogP contribution in [0.2, 0.25) is 0 Å². The van der Waals surface area contributed by atoms with Gasteiger partial charge in [0, 0.05) is 30.6 Å². The normalized spacial score (nSPS) is 21.3. The zero-order valence-electron chi connectivity index (χ0n) is 19.6. The molecule has 4 aromatic rings. The summed E-state index contributed by atoms with van der Waals surface area (Å²) in [4.78, 5) is 19.8. The van der Waals surface area contributed by atoms with E-state index in [-0.39, 0.29) is 11.7 Å². The van der Waals surface area contributed by atoms with Crippen LogP contribution in [0.3, 0.4) is 0 Å². The number of imidazole rings is 1. The van der Waals surface area contributed by atoms with Crippen molar-refractivity contribution in [3.05, 3.63) is 66.4 Å². The molecule has 180 valence electrons. The van der Waals surface area contributed by atoms with E-state index in [1.807, 2.05) is 18.5 Å². The minimum atomic E-state index is -0.239. The molecule has 2 aromatic carbocycles. The van der Waals surface area contributed by atoms with Crippen LogP contribution in [0, 0.1) is 11.7 Å². The molecule has 2 saturated heterocycles. The molecule has 0 aliphatic carbocycles. The predicted octanol–water partition coefficient (Wildman–Crippen LogP) is 4.75. The van der Waals surface area contributed by atoms with Crippen LogP contribution in [0.5, 0.6) is 0 Å². The van der Waals surface area contributed by atoms with Crippen LogP contribution < -0.4 is 0 Å². The number of aromatic amines is 1. The third kappa shape index (κ3) is 4.33. The molecule has 6 rings (SSSR count). The summed E-state index contributed by atoms with van der Waals surface area (Å²) in [7, 11) is 0. The first-order valence-corrected chi connectivity index (χ1v) is 12.5. The lowest BCUT2D eigenvalue weighted by Gasteiger charge is -2.25. The molecule has 7 nitrogen and oxygen atoms in total. The standard InChI is InChI=1S/C27H29FN6O/c28-21-5-1-3-18(13-21)6-11-27(35)34-22-8-10-25(34)20(14-22)4-2-12-33-17-29-23-15-19(7-9-26(23)33)24-16-30-32-31-24/h1,3,5,7,9,13,15-17,20,22,25H,2,4,6,8,10-12,14H2,(H,30,31,32). The first kappa shape index (κ1) is 21.9. The SMILES string of the molecule is O=C(CCc1cccc(F)c1)N1C2CCC1C(CCCn1cnc3cc(-c4cn[nH]n4)ccc31)C2. The summed E-state index contributed by atoms with van der Waals surface area (Å²) < 4.78 is 15.7. The van der Waals surface area contributed by atoms with Crippen molar-refractivity contribution in [2.24, 2.45) is 5.92 Å². The van der Waals surface area contributed by atoms with Gasteiger partial charge in [0.1, 0.15) is 11.5 Å². The number of nitrogens with zero attached hydrogens (tertiary/aromatic N) is 5. The molecule has 0 radical (unpaired) electrons. The number of H-pyrrole nitrogens is 1. The molecule has 35 heavy (non-hydrogen) atoms. The number of fused-ring (bicyclic) bond motifs is 3. The Hall–Kier alpha value is -3.55. The van der Waals surface area contributed by atoms with E-state index >= 15 is 0 Å². The number of halogens is 1. The van der Waals surface area contributed by atoms with Crippen LogP contribution in [0.25, 0.3) is 22.3 Å². The van der Waals surface area contributed by atoms with E-state index in [1.165, 1.54) is 12.1 Å². The van der Waals surface area contributed by atoms with E-state index in [0.29, 0.717) is 30.8 Å². The van der Waals surface area contributed by atoms with Crippen LogP contribution in [-0.2, 0) is 17.8 Å². The van der Waals surface area contributed by atoms with Gasteiger partial charge in [-0.1, -0.05) is 18.2 Å². The van der Waals surface area contributed by atoms with Crippen molar-refractivity contribution in [2.45, 2.75) is 63.6 Å². The summed E-state index contributed by atoms with van der Waals surface area (Å²) in [6, 6.07) is 13.5. The molecule has 3 unspecified atom stereocenters. The fourth-order valence-electron chi connectivity index (χ4n) is 6.15. The fourth-order valence-corrected chi connectivity index (χ4v) is 6.15. The van der Waals surface area contributed by atoms with Crippen LogP contribution in [-0.4, -0.2) is 47.9 Å². The van der Waals surface area contributed by atoms with Crippen LogP contribution >= 0.6 is 0 Å². The molecule has 2 aliphatic rings. The summed E-state index contributed by atoms with van der Waals surface area (Å²) in [5.74, 6) is 0.561. The molecule has 0 saturated carbocycles. The molecule has 3 atom stereocenters. The molecule has 8 heteroatoms. The Kier molecular flexibility index (Phi) is 5.80. The molecule has 2 aliphatic heterocycles. The topological polar surface area (TPSA) is 79.7 Å². The van der Waals surface area contributed by atoms with Gasteiger partial charge in [0.05, 0.1) is 23.6 Å². The number of aromatic nitrogens is 5. The van der Waals surface area contributed by atoms with Gasteiger partial charge in [-0.3, -0.25) is 4.79 Å². The molecular weight excluding hydrogens is 443 g/mol. The zero-order chi connectivity index (χ0) is 23.8. The molecule has 1 N–H and O–H groups in total. The number of amides is 1. The van der Waals surface area contributed by atoms with Crippen molar-refractivity contribution in [2.75, 3.05) is 0 Å². The second-order valence-electron chi connectivity index (χ2n) is 9.86. The summed E-state index contributed by atoms with van der Waals surface area (Å²) in [5.41, 5.74) is 4.79. The van der Waals surface area contributed by atoms with Gasteiger partial charge in [0.2, 0.25) is 5.91 Å². The van der Waals surface area contributed by atoms with Crippen LogP contribution in [0.4, 0.5) is 4.39 Å². The van der Waals surface area contributed by atoms with Crippen molar-refractivity contribution in [3.63, 3.8) is 0 Å². The van der Waals surface area contributed by atoms with Gasteiger partial charge in [0.15, 0.2) is 0 Å². The highest BCUT2D eigenvalue weighted by Gasteiger charge is 2.47. The predicted molar refractivity (Wildman–Crippen MR) is 131 cm³/mol. The fraction of sp³-hybridized carbons (Fsp3) is 0.407. The highest BCUT2D eigenvalue weighted by Crippen LogP contribution is 2.44. The number of aryl methyl sites for hydroxylation is 2. The summed E-state index contributed by atoms with van der Waals surface area (Å²) in [6.45, 7) is 0.918. The van der Waals surface area contributed by atoms with Crippen molar-refractivity contribution < 1.29 is 9.18 Å². The van der Waals surface area contributed by atoms with E-state index in [2.05, 4.69) is 42.0 Å². The van der Waals surface area contributed by atoms with Crippen molar-refractivity contribution in [3.8, 4) is 11.3 Å². The number of hydrogen-bond donors (Lipinski definition) is 1. The van der Waals surface area contributed by atoms with Crippen molar-refractivity contribution in [1.82, 2.24) is 29.9 Å². The third-order valence-electron chi connectivity index (χ3n) is 7.78. The van der Waals surface area contributed by atoms with Gasteiger partial charge in [0.25, 0.3) is 0 Å². The summed E-state index contributed by atoms with van der Waals surface area (Å²) in [6.07, 6.45) is 10.2. The number of hydrogen-bond acceptors (Lipinski definition) is 4. The highest BCUT2D eigenvalue weighted by atomic mass is 19.1. The number of benzene rings is 2. The maximum absolute atomic E-state index is 13.5. The van der Waals surface area contributed by atoms with Gasteiger partial charge in [-0.15, -0.1) is 0 Å². The summed E-state index contributed by atoms with van der Waals surface area (Å²) >= 11 is 0. The Morgan fingerprint density at radius 1 is 1.17 bits per heavy atom. The minimum Gasteiger partial charge on any atom is -0.336 e. The Morgan fingerprint density at radius 3 is 2.97 bits per heavy atom. The largest absolute Gasteiger partial charge is 0.336 e. The van der Waals surface area contributed by atoms with Gasteiger partial charge in [-0.2, -0.15) is 15.4 Å². The average Bonchev–Trinajstić information content (AvgIpc) is 3.66. The second-order valence-corrected chi connectivity index (χ2v) is 9.86. The van der Waals surface area contributed by atoms with E-state index < -0.39 is 0 Å². The van der Waals surface area contributed by atoms with E-state index in [9.17, 15) is 9.18 Å².